The van der Waals surface area contributed by atoms with Crippen molar-refractivity contribution < 1.29 is 9.50 Å². The third-order valence-corrected chi connectivity index (χ3v) is 3.72. The molecule has 3 nitrogen and oxygen atoms in total. The fraction of sp³-hybridized carbons (Fsp3) is 0.533. The number of aliphatic hydroxyl groups is 1. The molecule has 0 radical (unpaired) electrons. The highest BCUT2D eigenvalue weighted by Gasteiger charge is 2.32. The van der Waals surface area contributed by atoms with E-state index >= 15 is 0 Å². The first-order chi connectivity index (χ1) is 9.02. The van der Waals surface area contributed by atoms with Crippen LogP contribution >= 0.6 is 0 Å². The Balaban J connectivity index is 1.99. The number of hydrogen-bond acceptors (Lipinski definition) is 3. The predicted molar refractivity (Wildman–Crippen MR) is 70.9 cm³/mol. The summed E-state index contributed by atoms with van der Waals surface area (Å²) >= 11 is 0. The molecule has 1 aromatic rings. The maximum atomic E-state index is 13.8. The maximum Gasteiger partial charge on any atom is 0.129 e. The summed E-state index contributed by atoms with van der Waals surface area (Å²) in [4.78, 5) is 1.94. The van der Waals surface area contributed by atoms with Crippen LogP contribution in [-0.4, -0.2) is 29.2 Å². The van der Waals surface area contributed by atoms with Crippen molar-refractivity contribution in [2.24, 2.45) is 0 Å². The first kappa shape index (κ1) is 14.0. The normalized spacial score (nSPS) is 17.6. The van der Waals surface area contributed by atoms with Gasteiger partial charge >= 0.3 is 0 Å². The molecular formula is C15H19FN2O. The Morgan fingerprint density at radius 1 is 1.42 bits per heavy atom. The van der Waals surface area contributed by atoms with Gasteiger partial charge in [0.15, 0.2) is 0 Å². The fourth-order valence-electron chi connectivity index (χ4n) is 2.79. The zero-order valence-corrected chi connectivity index (χ0v) is 11.2. The third-order valence-electron chi connectivity index (χ3n) is 3.72. The largest absolute Gasteiger partial charge is 0.389 e. The molecule has 0 aromatic heterocycles. The SMILES string of the molecule is CN(Cc1ccc(C#N)cc1F)CC1(O)CCCC1. The molecule has 0 bridgehead atoms. The van der Waals surface area contributed by atoms with Gasteiger partial charge in [0.1, 0.15) is 5.82 Å². The molecule has 0 amide bonds. The summed E-state index contributed by atoms with van der Waals surface area (Å²) in [5.41, 5.74) is 0.277. The second kappa shape index (κ2) is 5.68. The lowest BCUT2D eigenvalue weighted by molar-refractivity contribution is 0.0143. The van der Waals surface area contributed by atoms with Crippen LogP contribution in [0.25, 0.3) is 0 Å². The van der Waals surface area contributed by atoms with E-state index < -0.39 is 5.60 Å². The smallest absolute Gasteiger partial charge is 0.129 e. The number of hydrogen-bond donors (Lipinski definition) is 1. The van der Waals surface area contributed by atoms with Gasteiger partial charge in [-0.1, -0.05) is 18.9 Å². The molecule has 0 saturated heterocycles. The van der Waals surface area contributed by atoms with Crippen LogP contribution < -0.4 is 0 Å². The molecule has 1 saturated carbocycles. The Morgan fingerprint density at radius 2 is 2.11 bits per heavy atom. The second-order valence-electron chi connectivity index (χ2n) is 5.52. The molecule has 1 fully saturated rings. The maximum absolute atomic E-state index is 13.8. The molecule has 102 valence electrons. The fourth-order valence-corrected chi connectivity index (χ4v) is 2.79. The van der Waals surface area contributed by atoms with Gasteiger partial charge in [-0.25, -0.2) is 4.39 Å². The van der Waals surface area contributed by atoms with Crippen LogP contribution in [-0.2, 0) is 6.54 Å². The van der Waals surface area contributed by atoms with Crippen molar-refractivity contribution in [3.8, 4) is 6.07 Å². The van der Waals surface area contributed by atoms with E-state index in [9.17, 15) is 9.50 Å². The number of likely N-dealkylation sites (N-methyl/N-ethyl adjacent to an activating group) is 1. The molecule has 0 heterocycles. The van der Waals surface area contributed by atoms with E-state index in [1.807, 2.05) is 18.0 Å². The average Bonchev–Trinajstić information content (AvgIpc) is 2.78. The van der Waals surface area contributed by atoms with Gasteiger partial charge in [0.2, 0.25) is 0 Å². The first-order valence-electron chi connectivity index (χ1n) is 6.62. The monoisotopic (exact) mass is 262 g/mol. The molecule has 4 heteroatoms. The zero-order valence-electron chi connectivity index (χ0n) is 11.2. The summed E-state index contributed by atoms with van der Waals surface area (Å²) in [6.07, 6.45) is 3.78. The summed E-state index contributed by atoms with van der Waals surface area (Å²) in [6, 6.07) is 6.44. The van der Waals surface area contributed by atoms with Gasteiger partial charge in [-0.2, -0.15) is 5.26 Å². The van der Waals surface area contributed by atoms with Crippen LogP contribution in [0.2, 0.25) is 0 Å². The molecule has 1 N–H and O–H groups in total. The summed E-state index contributed by atoms with van der Waals surface area (Å²) in [6.45, 7) is 1.01. The Bertz CT molecular complexity index is 489. The topological polar surface area (TPSA) is 47.3 Å². The van der Waals surface area contributed by atoms with Crippen molar-refractivity contribution >= 4 is 0 Å². The lowest BCUT2D eigenvalue weighted by Gasteiger charge is -2.28. The molecule has 0 atom stereocenters. The van der Waals surface area contributed by atoms with Crippen LogP contribution in [0.15, 0.2) is 18.2 Å². The van der Waals surface area contributed by atoms with Crippen molar-refractivity contribution in [1.29, 1.82) is 5.26 Å². The highest BCUT2D eigenvalue weighted by molar-refractivity contribution is 5.32. The molecule has 0 spiro atoms. The molecule has 1 aromatic carbocycles. The van der Waals surface area contributed by atoms with Gasteiger partial charge < -0.3 is 5.11 Å². The van der Waals surface area contributed by atoms with Crippen LogP contribution in [0, 0.1) is 17.1 Å². The third kappa shape index (κ3) is 3.52. The summed E-state index contributed by atoms with van der Waals surface area (Å²) < 4.78 is 13.8. The van der Waals surface area contributed by atoms with Crippen LogP contribution in [0.3, 0.4) is 0 Å². The van der Waals surface area contributed by atoms with Gasteiger partial charge in [0.05, 0.1) is 17.2 Å². The molecule has 0 aliphatic heterocycles. The minimum absolute atomic E-state index is 0.332. The second-order valence-corrected chi connectivity index (χ2v) is 5.52. The summed E-state index contributed by atoms with van der Waals surface area (Å²) in [7, 11) is 1.88. The number of rotatable bonds is 4. The number of nitriles is 1. The quantitative estimate of drug-likeness (QED) is 0.906. The van der Waals surface area contributed by atoms with Crippen molar-refractivity contribution in [2.75, 3.05) is 13.6 Å². The summed E-state index contributed by atoms with van der Waals surface area (Å²) in [5.74, 6) is -0.357. The Labute approximate surface area is 113 Å². The van der Waals surface area contributed by atoms with Gasteiger partial charge in [-0.3, -0.25) is 4.90 Å². The average molecular weight is 262 g/mol. The number of halogens is 1. The highest BCUT2D eigenvalue weighted by atomic mass is 19.1. The lowest BCUT2D eigenvalue weighted by atomic mass is 10.0. The first-order valence-corrected chi connectivity index (χ1v) is 6.62. The molecule has 1 aliphatic rings. The lowest BCUT2D eigenvalue weighted by Crippen LogP contribution is -2.38. The Hall–Kier alpha value is -1.44. The Morgan fingerprint density at radius 3 is 2.68 bits per heavy atom. The van der Waals surface area contributed by atoms with E-state index in [2.05, 4.69) is 0 Å². The van der Waals surface area contributed by atoms with Gasteiger partial charge in [-0.15, -0.1) is 0 Å². The van der Waals surface area contributed by atoms with Gasteiger partial charge in [0, 0.05) is 18.7 Å². The molecular weight excluding hydrogens is 243 g/mol. The minimum Gasteiger partial charge on any atom is -0.389 e. The molecule has 2 rings (SSSR count). The van der Waals surface area contributed by atoms with Gasteiger partial charge in [-0.05, 0) is 32.0 Å². The number of nitrogens with zero attached hydrogens (tertiary/aromatic N) is 2. The van der Waals surface area contributed by atoms with E-state index in [0.29, 0.717) is 24.2 Å². The van der Waals surface area contributed by atoms with Crippen molar-refractivity contribution in [1.82, 2.24) is 4.90 Å². The van der Waals surface area contributed by atoms with E-state index in [1.54, 1.807) is 12.1 Å². The van der Waals surface area contributed by atoms with Crippen molar-refractivity contribution in [3.05, 3.63) is 35.1 Å². The summed E-state index contributed by atoms with van der Waals surface area (Å²) in [5, 5.41) is 19.0. The van der Waals surface area contributed by atoms with E-state index in [-0.39, 0.29) is 5.82 Å². The van der Waals surface area contributed by atoms with E-state index in [0.717, 1.165) is 25.7 Å². The van der Waals surface area contributed by atoms with E-state index in [1.165, 1.54) is 6.07 Å². The van der Waals surface area contributed by atoms with Crippen LogP contribution in [0.5, 0.6) is 0 Å². The molecule has 0 unspecified atom stereocenters. The predicted octanol–water partition coefficient (Wildman–Crippen LogP) is 2.43. The van der Waals surface area contributed by atoms with Crippen LogP contribution in [0.4, 0.5) is 4.39 Å². The highest BCUT2D eigenvalue weighted by Crippen LogP contribution is 2.30. The Kier molecular flexibility index (Phi) is 4.18. The molecule has 1 aliphatic carbocycles. The van der Waals surface area contributed by atoms with Gasteiger partial charge in [0.25, 0.3) is 0 Å². The zero-order chi connectivity index (χ0) is 13.9. The van der Waals surface area contributed by atoms with Crippen LogP contribution in [0.1, 0.15) is 36.8 Å². The van der Waals surface area contributed by atoms with Crippen molar-refractivity contribution in [3.63, 3.8) is 0 Å². The standard InChI is InChI=1S/C15H19FN2O/c1-18(11-15(19)6-2-3-7-15)10-13-5-4-12(9-17)8-14(13)16/h4-5,8,19H,2-3,6-7,10-11H2,1H3. The molecule has 19 heavy (non-hydrogen) atoms. The van der Waals surface area contributed by atoms with Crippen molar-refractivity contribution in [2.45, 2.75) is 37.8 Å². The van der Waals surface area contributed by atoms with E-state index in [4.69, 9.17) is 5.26 Å². The minimum atomic E-state index is -0.613. The number of benzene rings is 1.